The maximum atomic E-state index is 12.0. The van der Waals surface area contributed by atoms with Gasteiger partial charge < -0.3 is 4.74 Å². The Hall–Kier alpha value is -0.970. The van der Waals surface area contributed by atoms with Crippen LogP contribution in [0.3, 0.4) is 0 Å². The minimum absolute atomic E-state index is 0.0979. The van der Waals surface area contributed by atoms with E-state index in [1.54, 1.807) is 0 Å². The molecule has 2 nitrogen and oxygen atoms in total. The molecule has 0 spiro atoms. The van der Waals surface area contributed by atoms with Crippen LogP contribution in [0.1, 0.15) is 6.92 Å². The minimum atomic E-state index is -4.39. The SMILES string of the molecule is CC(Oc1ccc(Cl)cn1)C(F)(F)F. The van der Waals surface area contributed by atoms with Gasteiger partial charge in [0.1, 0.15) is 0 Å². The quantitative estimate of drug-likeness (QED) is 0.772. The Labute approximate surface area is 83.7 Å². The summed E-state index contributed by atoms with van der Waals surface area (Å²) in [6.45, 7) is 0.913. The molecule has 6 heteroatoms. The largest absolute Gasteiger partial charge is 0.465 e. The van der Waals surface area contributed by atoms with Crippen molar-refractivity contribution in [1.82, 2.24) is 4.98 Å². The summed E-state index contributed by atoms with van der Waals surface area (Å²) < 4.78 is 40.6. The summed E-state index contributed by atoms with van der Waals surface area (Å²) >= 11 is 5.50. The highest BCUT2D eigenvalue weighted by Gasteiger charge is 2.38. The molecule has 0 fully saturated rings. The van der Waals surface area contributed by atoms with Crippen LogP contribution in [0.2, 0.25) is 5.02 Å². The number of hydrogen-bond donors (Lipinski definition) is 0. The Bertz CT molecular complexity index is 298. The Morgan fingerprint density at radius 3 is 2.50 bits per heavy atom. The maximum absolute atomic E-state index is 12.0. The van der Waals surface area contributed by atoms with Crippen molar-refractivity contribution in [3.05, 3.63) is 23.4 Å². The number of nitrogens with zero attached hydrogens (tertiary/aromatic N) is 1. The minimum Gasteiger partial charge on any atom is -0.465 e. The van der Waals surface area contributed by atoms with E-state index < -0.39 is 12.3 Å². The van der Waals surface area contributed by atoms with Crippen LogP contribution in [0.5, 0.6) is 5.88 Å². The van der Waals surface area contributed by atoms with Crippen LogP contribution in [-0.4, -0.2) is 17.3 Å². The summed E-state index contributed by atoms with van der Waals surface area (Å²) in [5.74, 6) is -0.0979. The number of pyridine rings is 1. The van der Waals surface area contributed by atoms with Gasteiger partial charge >= 0.3 is 6.18 Å². The molecular weight excluding hydrogens is 219 g/mol. The van der Waals surface area contributed by atoms with E-state index in [9.17, 15) is 13.2 Å². The fourth-order valence-electron chi connectivity index (χ4n) is 0.680. The molecule has 1 heterocycles. The maximum Gasteiger partial charge on any atom is 0.425 e. The third-order valence-electron chi connectivity index (χ3n) is 1.46. The van der Waals surface area contributed by atoms with E-state index in [1.165, 1.54) is 18.3 Å². The first-order valence-electron chi connectivity index (χ1n) is 3.74. The first-order chi connectivity index (χ1) is 6.39. The normalized spacial score (nSPS) is 13.8. The summed E-state index contributed by atoms with van der Waals surface area (Å²) in [5, 5.41) is 0.344. The molecule has 14 heavy (non-hydrogen) atoms. The van der Waals surface area contributed by atoms with Crippen molar-refractivity contribution in [2.24, 2.45) is 0 Å². The molecule has 0 saturated heterocycles. The molecule has 1 aromatic rings. The highest BCUT2D eigenvalue weighted by atomic mass is 35.5. The second-order valence-electron chi connectivity index (χ2n) is 2.62. The molecule has 0 N–H and O–H groups in total. The molecule has 1 aromatic heterocycles. The lowest BCUT2D eigenvalue weighted by Gasteiger charge is -2.16. The van der Waals surface area contributed by atoms with Crippen LogP contribution < -0.4 is 4.74 Å². The predicted molar refractivity (Wildman–Crippen MR) is 45.4 cm³/mol. The summed E-state index contributed by atoms with van der Waals surface area (Å²) in [6.07, 6.45) is -5.04. The van der Waals surface area contributed by atoms with Crippen molar-refractivity contribution in [2.45, 2.75) is 19.2 Å². The summed E-state index contributed by atoms with van der Waals surface area (Å²) in [6, 6.07) is 2.69. The Morgan fingerprint density at radius 1 is 1.43 bits per heavy atom. The lowest BCUT2D eigenvalue weighted by Crippen LogP contribution is -2.31. The van der Waals surface area contributed by atoms with Gasteiger partial charge in [-0.25, -0.2) is 4.98 Å². The van der Waals surface area contributed by atoms with E-state index in [0.29, 0.717) is 5.02 Å². The molecule has 1 rings (SSSR count). The fraction of sp³-hybridized carbons (Fsp3) is 0.375. The second-order valence-corrected chi connectivity index (χ2v) is 3.05. The van der Waals surface area contributed by atoms with E-state index in [4.69, 9.17) is 11.6 Å². The van der Waals surface area contributed by atoms with Crippen LogP contribution in [0.4, 0.5) is 13.2 Å². The van der Waals surface area contributed by atoms with Gasteiger partial charge in [-0.2, -0.15) is 13.2 Å². The molecule has 1 unspecified atom stereocenters. The van der Waals surface area contributed by atoms with Gasteiger partial charge in [-0.05, 0) is 13.0 Å². The van der Waals surface area contributed by atoms with Crippen molar-refractivity contribution in [3.63, 3.8) is 0 Å². The van der Waals surface area contributed by atoms with Gasteiger partial charge in [0.2, 0.25) is 5.88 Å². The lowest BCUT2D eigenvalue weighted by molar-refractivity contribution is -0.189. The Morgan fingerprint density at radius 2 is 2.07 bits per heavy atom. The van der Waals surface area contributed by atoms with E-state index in [2.05, 4.69) is 9.72 Å². The van der Waals surface area contributed by atoms with Crippen LogP contribution in [0.15, 0.2) is 18.3 Å². The standard InChI is InChI=1S/C8H7ClF3NO/c1-5(8(10,11)12)14-7-3-2-6(9)4-13-7/h2-5H,1H3. The van der Waals surface area contributed by atoms with Crippen molar-refractivity contribution in [1.29, 1.82) is 0 Å². The molecule has 78 valence electrons. The fourth-order valence-corrected chi connectivity index (χ4v) is 0.792. The molecule has 0 saturated carbocycles. The third-order valence-corrected chi connectivity index (χ3v) is 1.68. The molecule has 0 radical (unpaired) electrons. The molecule has 0 bridgehead atoms. The summed E-state index contributed by atoms with van der Waals surface area (Å²) in [7, 11) is 0. The van der Waals surface area contributed by atoms with Crippen molar-refractivity contribution in [2.75, 3.05) is 0 Å². The van der Waals surface area contributed by atoms with Gasteiger partial charge in [0, 0.05) is 12.3 Å². The monoisotopic (exact) mass is 225 g/mol. The molecule has 0 aliphatic heterocycles. The average Bonchev–Trinajstić information content (AvgIpc) is 2.07. The van der Waals surface area contributed by atoms with Crippen LogP contribution in [0, 0.1) is 0 Å². The van der Waals surface area contributed by atoms with Crippen LogP contribution in [-0.2, 0) is 0 Å². The zero-order valence-corrected chi connectivity index (χ0v) is 7.93. The number of alkyl halides is 3. The van der Waals surface area contributed by atoms with Crippen molar-refractivity contribution < 1.29 is 17.9 Å². The van der Waals surface area contributed by atoms with Gasteiger partial charge in [-0.1, -0.05) is 11.6 Å². The van der Waals surface area contributed by atoms with Crippen molar-refractivity contribution >= 4 is 11.6 Å². The number of hydrogen-bond acceptors (Lipinski definition) is 2. The van der Waals surface area contributed by atoms with Gasteiger partial charge in [-0.3, -0.25) is 0 Å². The first-order valence-corrected chi connectivity index (χ1v) is 4.12. The number of halogens is 4. The average molecular weight is 226 g/mol. The van der Waals surface area contributed by atoms with Crippen LogP contribution >= 0.6 is 11.6 Å². The zero-order chi connectivity index (χ0) is 10.8. The Kier molecular flexibility index (Phi) is 3.21. The predicted octanol–water partition coefficient (Wildman–Crippen LogP) is 3.06. The number of rotatable bonds is 2. The van der Waals surface area contributed by atoms with E-state index in [-0.39, 0.29) is 5.88 Å². The van der Waals surface area contributed by atoms with Gasteiger partial charge in [0.25, 0.3) is 0 Å². The lowest BCUT2D eigenvalue weighted by atomic mass is 10.4. The van der Waals surface area contributed by atoms with E-state index in [1.807, 2.05) is 0 Å². The number of ether oxygens (including phenoxy) is 1. The van der Waals surface area contributed by atoms with E-state index >= 15 is 0 Å². The zero-order valence-electron chi connectivity index (χ0n) is 7.18. The molecule has 0 aliphatic rings. The smallest absolute Gasteiger partial charge is 0.425 e. The van der Waals surface area contributed by atoms with E-state index in [0.717, 1.165) is 6.92 Å². The second kappa shape index (κ2) is 4.04. The van der Waals surface area contributed by atoms with Crippen molar-refractivity contribution in [3.8, 4) is 5.88 Å². The number of aromatic nitrogens is 1. The van der Waals surface area contributed by atoms with Gasteiger partial charge in [-0.15, -0.1) is 0 Å². The summed E-state index contributed by atoms with van der Waals surface area (Å²) in [5.41, 5.74) is 0. The molecule has 0 aromatic carbocycles. The molecular formula is C8H7ClF3NO. The highest BCUT2D eigenvalue weighted by Crippen LogP contribution is 2.24. The third kappa shape index (κ3) is 3.06. The molecule has 1 atom stereocenters. The van der Waals surface area contributed by atoms with Crippen LogP contribution in [0.25, 0.3) is 0 Å². The molecule has 0 aliphatic carbocycles. The first kappa shape index (κ1) is 11.1. The Balaban J connectivity index is 2.65. The highest BCUT2D eigenvalue weighted by molar-refractivity contribution is 6.30. The van der Waals surface area contributed by atoms with Gasteiger partial charge in [0.05, 0.1) is 5.02 Å². The topological polar surface area (TPSA) is 22.1 Å². The molecule has 0 amide bonds. The van der Waals surface area contributed by atoms with Gasteiger partial charge in [0.15, 0.2) is 6.10 Å². The summed E-state index contributed by atoms with van der Waals surface area (Å²) in [4.78, 5) is 3.58.